The van der Waals surface area contributed by atoms with E-state index < -0.39 is 0 Å². The third-order valence-corrected chi connectivity index (χ3v) is 4.18. The van der Waals surface area contributed by atoms with Crippen LogP contribution in [0, 0.1) is 0 Å². The van der Waals surface area contributed by atoms with Crippen molar-refractivity contribution < 1.29 is 5.11 Å². The number of hydrogen-bond donors (Lipinski definition) is 2. The van der Waals surface area contributed by atoms with Crippen LogP contribution in [0.15, 0.2) is 15.9 Å². The molecule has 0 aromatic carbocycles. The predicted octanol–water partition coefficient (Wildman–Crippen LogP) is 3.32. The summed E-state index contributed by atoms with van der Waals surface area (Å²) in [6.07, 6.45) is 3.16. The van der Waals surface area contributed by atoms with Crippen LogP contribution in [-0.4, -0.2) is 18.3 Å². The van der Waals surface area contributed by atoms with E-state index in [1.165, 1.54) is 4.88 Å². The van der Waals surface area contributed by atoms with Gasteiger partial charge >= 0.3 is 0 Å². The van der Waals surface area contributed by atoms with Crippen LogP contribution in [0.25, 0.3) is 0 Å². The van der Waals surface area contributed by atoms with Crippen LogP contribution in [0.1, 0.15) is 37.1 Å². The molecule has 1 aromatic rings. The molecule has 1 unspecified atom stereocenters. The van der Waals surface area contributed by atoms with E-state index in [4.69, 9.17) is 5.11 Å². The lowest BCUT2D eigenvalue weighted by Gasteiger charge is -2.11. The minimum Gasteiger partial charge on any atom is -0.396 e. The Balaban J connectivity index is 2.16. The molecule has 0 amide bonds. The van der Waals surface area contributed by atoms with Crippen molar-refractivity contribution in [3.05, 3.63) is 20.8 Å². The Morgan fingerprint density at radius 2 is 2.27 bits per heavy atom. The molecule has 15 heavy (non-hydrogen) atoms. The Bertz CT molecular complexity index is 277. The van der Waals surface area contributed by atoms with Crippen molar-refractivity contribution in [2.24, 2.45) is 0 Å². The smallest absolute Gasteiger partial charge is 0.0431 e. The van der Waals surface area contributed by atoms with Crippen molar-refractivity contribution in [1.29, 1.82) is 0 Å². The molecule has 0 bridgehead atoms. The maximum atomic E-state index is 8.63. The van der Waals surface area contributed by atoms with Crippen molar-refractivity contribution >= 4 is 27.3 Å². The summed E-state index contributed by atoms with van der Waals surface area (Å²) in [7, 11) is 0. The first-order valence-corrected chi connectivity index (χ1v) is 6.99. The summed E-state index contributed by atoms with van der Waals surface area (Å²) in [5.41, 5.74) is 0. The van der Waals surface area contributed by atoms with Gasteiger partial charge in [0.05, 0.1) is 0 Å². The van der Waals surface area contributed by atoms with Crippen LogP contribution in [0.5, 0.6) is 0 Å². The highest BCUT2D eigenvalue weighted by molar-refractivity contribution is 9.10. The first-order chi connectivity index (χ1) is 7.24. The lowest BCUT2D eigenvalue weighted by Crippen LogP contribution is -2.18. The molecule has 1 aromatic heterocycles. The number of thiophene rings is 1. The SMILES string of the molecule is CC(NCCCCCO)c1cc(Br)cs1. The van der Waals surface area contributed by atoms with Crippen molar-refractivity contribution in [3.8, 4) is 0 Å². The lowest BCUT2D eigenvalue weighted by molar-refractivity contribution is 0.282. The van der Waals surface area contributed by atoms with E-state index in [0.29, 0.717) is 12.6 Å². The average molecular weight is 292 g/mol. The van der Waals surface area contributed by atoms with E-state index in [1.807, 2.05) is 0 Å². The molecule has 4 heteroatoms. The van der Waals surface area contributed by atoms with Gasteiger partial charge in [0, 0.05) is 27.4 Å². The second-order valence-corrected chi connectivity index (χ2v) is 5.49. The topological polar surface area (TPSA) is 32.3 Å². The molecule has 1 rings (SSSR count). The van der Waals surface area contributed by atoms with Crippen LogP contribution >= 0.6 is 27.3 Å². The summed E-state index contributed by atoms with van der Waals surface area (Å²) in [6.45, 7) is 3.52. The van der Waals surface area contributed by atoms with Gasteiger partial charge in [0.25, 0.3) is 0 Å². The molecular formula is C11H18BrNOS. The normalized spacial score (nSPS) is 13.0. The summed E-state index contributed by atoms with van der Waals surface area (Å²) in [6, 6.07) is 2.59. The largest absolute Gasteiger partial charge is 0.396 e. The quantitative estimate of drug-likeness (QED) is 0.756. The summed E-state index contributed by atoms with van der Waals surface area (Å²) in [5.74, 6) is 0. The number of aliphatic hydroxyl groups excluding tert-OH is 1. The molecule has 0 spiro atoms. The summed E-state index contributed by atoms with van der Waals surface area (Å²) in [5, 5.41) is 14.2. The van der Waals surface area contributed by atoms with Crippen LogP contribution < -0.4 is 5.32 Å². The summed E-state index contributed by atoms with van der Waals surface area (Å²) < 4.78 is 1.16. The van der Waals surface area contributed by atoms with Gasteiger partial charge in [-0.1, -0.05) is 0 Å². The van der Waals surface area contributed by atoms with Gasteiger partial charge in [0.15, 0.2) is 0 Å². The third kappa shape index (κ3) is 5.11. The Kier molecular flexibility index (Phi) is 6.48. The van der Waals surface area contributed by atoms with Crippen molar-refractivity contribution in [2.75, 3.05) is 13.2 Å². The zero-order valence-corrected chi connectivity index (χ0v) is 11.4. The monoisotopic (exact) mass is 291 g/mol. The third-order valence-electron chi connectivity index (χ3n) is 2.30. The molecule has 0 aliphatic heterocycles. The minimum absolute atomic E-state index is 0.313. The highest BCUT2D eigenvalue weighted by Gasteiger charge is 2.06. The maximum Gasteiger partial charge on any atom is 0.0431 e. The van der Waals surface area contributed by atoms with E-state index in [2.05, 4.69) is 39.6 Å². The molecule has 0 fully saturated rings. The first-order valence-electron chi connectivity index (χ1n) is 5.32. The Morgan fingerprint density at radius 1 is 1.47 bits per heavy atom. The lowest BCUT2D eigenvalue weighted by atomic mass is 10.2. The van der Waals surface area contributed by atoms with Crippen LogP contribution in [0.3, 0.4) is 0 Å². The highest BCUT2D eigenvalue weighted by atomic mass is 79.9. The first kappa shape index (κ1) is 13.2. The second kappa shape index (κ2) is 7.39. The van der Waals surface area contributed by atoms with Gasteiger partial charge in [-0.05, 0) is 54.7 Å². The Hall–Kier alpha value is 0.1000. The van der Waals surface area contributed by atoms with Crippen molar-refractivity contribution in [2.45, 2.75) is 32.2 Å². The van der Waals surface area contributed by atoms with Crippen LogP contribution in [0.2, 0.25) is 0 Å². The van der Waals surface area contributed by atoms with Crippen molar-refractivity contribution in [1.82, 2.24) is 5.32 Å². The summed E-state index contributed by atoms with van der Waals surface area (Å²) >= 11 is 5.23. The van der Waals surface area contributed by atoms with Gasteiger partial charge < -0.3 is 10.4 Å². The van der Waals surface area contributed by atoms with E-state index >= 15 is 0 Å². The molecule has 1 heterocycles. The Labute approximate surface area is 104 Å². The van der Waals surface area contributed by atoms with E-state index in [0.717, 1.165) is 30.3 Å². The predicted molar refractivity (Wildman–Crippen MR) is 69.4 cm³/mol. The molecule has 1 atom stereocenters. The van der Waals surface area contributed by atoms with E-state index in [9.17, 15) is 0 Å². The summed E-state index contributed by atoms with van der Waals surface area (Å²) in [4.78, 5) is 1.36. The number of rotatable bonds is 7. The fourth-order valence-corrected chi connectivity index (χ4v) is 2.87. The molecule has 0 aliphatic carbocycles. The van der Waals surface area contributed by atoms with Crippen LogP contribution in [0.4, 0.5) is 0 Å². The van der Waals surface area contributed by atoms with Crippen LogP contribution in [-0.2, 0) is 0 Å². The van der Waals surface area contributed by atoms with Crippen molar-refractivity contribution in [3.63, 3.8) is 0 Å². The fourth-order valence-electron chi connectivity index (χ4n) is 1.39. The molecule has 2 nitrogen and oxygen atoms in total. The van der Waals surface area contributed by atoms with Gasteiger partial charge in [-0.3, -0.25) is 0 Å². The number of unbranched alkanes of at least 4 members (excludes halogenated alkanes) is 2. The highest BCUT2D eigenvalue weighted by Crippen LogP contribution is 2.25. The van der Waals surface area contributed by atoms with E-state index in [-0.39, 0.29) is 0 Å². The second-order valence-electron chi connectivity index (χ2n) is 3.63. The number of aliphatic hydroxyl groups is 1. The maximum absolute atomic E-state index is 8.63. The molecular weight excluding hydrogens is 274 g/mol. The number of hydrogen-bond acceptors (Lipinski definition) is 3. The molecule has 0 aliphatic rings. The zero-order chi connectivity index (χ0) is 11.1. The molecule has 0 saturated carbocycles. The fraction of sp³-hybridized carbons (Fsp3) is 0.636. The van der Waals surface area contributed by atoms with Gasteiger partial charge in [0.1, 0.15) is 0 Å². The number of nitrogens with one attached hydrogen (secondary N) is 1. The number of halogens is 1. The molecule has 0 saturated heterocycles. The zero-order valence-electron chi connectivity index (χ0n) is 9.00. The van der Waals surface area contributed by atoms with Gasteiger partial charge in [-0.2, -0.15) is 0 Å². The molecule has 0 radical (unpaired) electrons. The van der Waals surface area contributed by atoms with Gasteiger partial charge in [-0.15, -0.1) is 11.3 Å². The van der Waals surface area contributed by atoms with E-state index in [1.54, 1.807) is 11.3 Å². The van der Waals surface area contributed by atoms with Gasteiger partial charge in [0.2, 0.25) is 0 Å². The molecule has 2 N–H and O–H groups in total. The standard InChI is InChI=1S/C11H18BrNOS/c1-9(11-7-10(12)8-15-11)13-5-3-2-4-6-14/h7-9,13-14H,2-6H2,1H3. The minimum atomic E-state index is 0.313. The average Bonchev–Trinajstić information content (AvgIpc) is 2.64. The molecule has 86 valence electrons. The Morgan fingerprint density at radius 3 is 2.87 bits per heavy atom. The van der Waals surface area contributed by atoms with Gasteiger partial charge in [-0.25, -0.2) is 0 Å².